The Balaban J connectivity index is 2.60. The molecule has 0 fully saturated rings. The van der Waals surface area contributed by atoms with Crippen molar-refractivity contribution in [2.24, 2.45) is 0 Å². The van der Waals surface area contributed by atoms with Gasteiger partial charge in [0.2, 0.25) is 0 Å². The lowest BCUT2D eigenvalue weighted by Crippen LogP contribution is -2.04. The van der Waals surface area contributed by atoms with E-state index in [4.69, 9.17) is 9.47 Å². The molecule has 0 amide bonds. The predicted molar refractivity (Wildman–Crippen MR) is 65.1 cm³/mol. The average Bonchev–Trinajstić information content (AvgIpc) is 2.71. The van der Waals surface area contributed by atoms with E-state index in [1.807, 2.05) is 6.92 Å². The molecule has 0 atom stereocenters. The first-order chi connectivity index (χ1) is 8.52. The number of aryl methyl sites for hydroxylation is 1. The van der Waals surface area contributed by atoms with Gasteiger partial charge in [0.15, 0.2) is 11.4 Å². The zero-order valence-corrected chi connectivity index (χ0v) is 10.4. The Kier molecular flexibility index (Phi) is 3.01. The van der Waals surface area contributed by atoms with Gasteiger partial charge in [-0.15, -0.1) is 0 Å². The Hall–Kier alpha value is -2.37. The molecule has 0 bridgehead atoms. The molecule has 2 aromatic heterocycles. The Morgan fingerprint density at radius 2 is 2.22 bits per heavy atom. The van der Waals surface area contributed by atoms with Crippen LogP contribution in [0.1, 0.15) is 18.3 Å². The van der Waals surface area contributed by atoms with E-state index in [2.05, 4.69) is 16.7 Å². The number of hydrogen-bond donors (Lipinski definition) is 0. The van der Waals surface area contributed by atoms with E-state index in [0.29, 0.717) is 22.8 Å². The van der Waals surface area contributed by atoms with E-state index in [1.54, 1.807) is 10.6 Å². The largest absolute Gasteiger partial charge is 0.495 e. The van der Waals surface area contributed by atoms with Gasteiger partial charge in [-0.1, -0.05) is 6.58 Å². The summed E-state index contributed by atoms with van der Waals surface area (Å²) in [5.74, 6) is 0.340. The van der Waals surface area contributed by atoms with Gasteiger partial charge < -0.3 is 9.47 Å². The fourth-order valence-corrected chi connectivity index (χ4v) is 1.57. The van der Waals surface area contributed by atoms with E-state index >= 15 is 0 Å². The van der Waals surface area contributed by atoms with Crippen molar-refractivity contribution in [1.29, 1.82) is 0 Å². The molecule has 0 aliphatic rings. The molecular weight excluding hydrogens is 234 g/mol. The molecule has 0 aromatic carbocycles. The molecular formula is C12H13N3O3. The van der Waals surface area contributed by atoms with Crippen molar-refractivity contribution in [3.05, 3.63) is 30.2 Å². The number of carbonyl (C=O) groups excluding carboxylic acids is 1. The monoisotopic (exact) mass is 247 g/mol. The Labute approximate surface area is 104 Å². The molecule has 0 N–H and O–H groups in total. The van der Waals surface area contributed by atoms with Crippen molar-refractivity contribution >= 4 is 17.4 Å². The lowest BCUT2D eigenvalue weighted by atomic mass is 10.3. The molecule has 6 heteroatoms. The predicted octanol–water partition coefficient (Wildman–Crippen LogP) is 1.58. The minimum Gasteiger partial charge on any atom is -0.495 e. The first-order valence-electron chi connectivity index (χ1n) is 5.30. The van der Waals surface area contributed by atoms with Crippen molar-refractivity contribution < 1.29 is 14.3 Å². The van der Waals surface area contributed by atoms with Crippen LogP contribution >= 0.6 is 0 Å². The maximum atomic E-state index is 11.0. The van der Waals surface area contributed by atoms with E-state index in [-0.39, 0.29) is 0 Å². The number of methoxy groups -OCH3 is 1. The van der Waals surface area contributed by atoms with Crippen molar-refractivity contribution in [2.45, 2.75) is 13.8 Å². The number of hydrogen-bond acceptors (Lipinski definition) is 5. The van der Waals surface area contributed by atoms with Crippen LogP contribution in [0, 0.1) is 6.92 Å². The fourth-order valence-electron chi connectivity index (χ4n) is 1.57. The van der Waals surface area contributed by atoms with Gasteiger partial charge in [0.25, 0.3) is 0 Å². The second kappa shape index (κ2) is 4.48. The number of esters is 1. The molecule has 0 saturated heterocycles. The van der Waals surface area contributed by atoms with Crippen LogP contribution in [0.25, 0.3) is 11.4 Å². The minimum atomic E-state index is -0.416. The highest BCUT2D eigenvalue weighted by Crippen LogP contribution is 2.21. The van der Waals surface area contributed by atoms with Crippen LogP contribution in [-0.4, -0.2) is 27.7 Å². The van der Waals surface area contributed by atoms with Crippen molar-refractivity contribution in [3.8, 4) is 5.75 Å². The quantitative estimate of drug-likeness (QED) is 0.608. The Morgan fingerprint density at radius 1 is 1.50 bits per heavy atom. The molecule has 0 saturated carbocycles. The van der Waals surface area contributed by atoms with Gasteiger partial charge in [-0.25, -0.2) is 9.50 Å². The lowest BCUT2D eigenvalue weighted by Gasteiger charge is -2.06. The summed E-state index contributed by atoms with van der Waals surface area (Å²) >= 11 is 0. The molecule has 18 heavy (non-hydrogen) atoms. The molecule has 6 nitrogen and oxygen atoms in total. The molecule has 0 radical (unpaired) electrons. The number of carbonyl (C=O) groups is 1. The van der Waals surface area contributed by atoms with Gasteiger partial charge in [0, 0.05) is 12.6 Å². The van der Waals surface area contributed by atoms with E-state index in [1.165, 1.54) is 20.2 Å². The summed E-state index contributed by atoms with van der Waals surface area (Å²) in [5, 5.41) is 4.10. The number of aromatic nitrogens is 3. The number of fused-ring (bicyclic) bond motifs is 1. The molecule has 0 unspecified atom stereocenters. The maximum Gasteiger partial charge on any atom is 0.308 e. The topological polar surface area (TPSA) is 65.7 Å². The van der Waals surface area contributed by atoms with Crippen LogP contribution < -0.4 is 4.74 Å². The van der Waals surface area contributed by atoms with E-state index in [9.17, 15) is 4.79 Å². The molecule has 2 rings (SSSR count). The van der Waals surface area contributed by atoms with E-state index in [0.717, 1.165) is 5.69 Å². The SMILES string of the molecule is C=C(OC)c1cc(C)n2ncc(OC(C)=O)c2n1. The third-order valence-electron chi connectivity index (χ3n) is 2.40. The van der Waals surface area contributed by atoms with Gasteiger partial charge in [-0.2, -0.15) is 5.10 Å². The fraction of sp³-hybridized carbons (Fsp3) is 0.250. The smallest absolute Gasteiger partial charge is 0.308 e. The zero-order valence-electron chi connectivity index (χ0n) is 10.4. The van der Waals surface area contributed by atoms with Gasteiger partial charge >= 0.3 is 5.97 Å². The van der Waals surface area contributed by atoms with Crippen LogP contribution in [0.4, 0.5) is 0 Å². The number of nitrogens with zero attached hydrogens (tertiary/aromatic N) is 3. The number of ether oxygens (including phenoxy) is 2. The molecule has 94 valence electrons. The standard InChI is InChI=1S/C12H13N3O3/c1-7-5-10(8(2)17-4)14-12-11(18-9(3)16)6-13-15(7)12/h5-6H,2H2,1,3-4H3. The first kappa shape index (κ1) is 12.1. The highest BCUT2D eigenvalue weighted by Gasteiger charge is 2.13. The first-order valence-corrected chi connectivity index (χ1v) is 5.30. The average molecular weight is 247 g/mol. The maximum absolute atomic E-state index is 11.0. The van der Waals surface area contributed by atoms with Crippen LogP contribution in [0.15, 0.2) is 18.8 Å². The summed E-state index contributed by atoms with van der Waals surface area (Å²) in [7, 11) is 1.52. The van der Waals surface area contributed by atoms with Gasteiger partial charge in [-0.05, 0) is 13.0 Å². The third-order valence-corrected chi connectivity index (χ3v) is 2.40. The van der Waals surface area contributed by atoms with E-state index < -0.39 is 5.97 Å². The summed E-state index contributed by atoms with van der Waals surface area (Å²) in [5.41, 5.74) is 1.88. The van der Waals surface area contributed by atoms with Gasteiger partial charge in [0.05, 0.1) is 13.3 Å². The molecule has 0 aliphatic heterocycles. The van der Waals surface area contributed by atoms with Crippen LogP contribution in [0.3, 0.4) is 0 Å². The second-order valence-corrected chi connectivity index (χ2v) is 3.75. The normalized spacial score (nSPS) is 10.4. The summed E-state index contributed by atoms with van der Waals surface area (Å²) in [4.78, 5) is 15.3. The Morgan fingerprint density at radius 3 is 2.83 bits per heavy atom. The highest BCUT2D eigenvalue weighted by molar-refractivity contribution is 5.72. The van der Waals surface area contributed by atoms with Crippen LogP contribution in [-0.2, 0) is 9.53 Å². The van der Waals surface area contributed by atoms with Crippen molar-refractivity contribution in [2.75, 3.05) is 7.11 Å². The summed E-state index contributed by atoms with van der Waals surface area (Å²) in [6, 6.07) is 1.80. The molecule has 2 heterocycles. The lowest BCUT2D eigenvalue weighted by molar-refractivity contribution is -0.131. The van der Waals surface area contributed by atoms with Gasteiger partial charge in [0.1, 0.15) is 11.5 Å². The summed E-state index contributed by atoms with van der Waals surface area (Å²) in [6.07, 6.45) is 1.45. The van der Waals surface area contributed by atoms with Crippen LogP contribution in [0.2, 0.25) is 0 Å². The van der Waals surface area contributed by atoms with Crippen LogP contribution in [0.5, 0.6) is 5.75 Å². The van der Waals surface area contributed by atoms with Crippen molar-refractivity contribution in [1.82, 2.24) is 14.6 Å². The summed E-state index contributed by atoms with van der Waals surface area (Å²) < 4.78 is 11.7. The number of rotatable bonds is 3. The van der Waals surface area contributed by atoms with Gasteiger partial charge in [-0.3, -0.25) is 4.79 Å². The summed E-state index contributed by atoms with van der Waals surface area (Å²) in [6.45, 7) is 6.94. The zero-order chi connectivity index (χ0) is 13.3. The Bertz CT molecular complexity index is 631. The third kappa shape index (κ3) is 2.04. The second-order valence-electron chi connectivity index (χ2n) is 3.75. The molecule has 0 aliphatic carbocycles. The molecule has 2 aromatic rings. The minimum absolute atomic E-state index is 0.316. The highest BCUT2D eigenvalue weighted by atomic mass is 16.5. The van der Waals surface area contributed by atoms with Crippen molar-refractivity contribution in [3.63, 3.8) is 0 Å². The molecule has 0 spiro atoms.